The molecule has 2 aromatic rings. The van der Waals surface area contributed by atoms with E-state index in [2.05, 4.69) is 49.4 Å². The lowest BCUT2D eigenvalue weighted by Gasteiger charge is -2.44. The Morgan fingerprint density at radius 1 is 1.20 bits per heavy atom. The number of aromatic nitrogens is 4. The maximum Gasteiger partial charge on any atom is 0.208 e. The zero-order chi connectivity index (χ0) is 13.5. The van der Waals surface area contributed by atoms with Gasteiger partial charge >= 0.3 is 0 Å². The van der Waals surface area contributed by atoms with Crippen LogP contribution in [0, 0.1) is 0 Å². The van der Waals surface area contributed by atoms with Crippen LogP contribution < -0.4 is 9.80 Å². The molecule has 0 spiro atoms. The van der Waals surface area contributed by atoms with Gasteiger partial charge in [-0.1, -0.05) is 11.3 Å². The molecule has 3 heterocycles. The lowest BCUT2D eigenvalue weighted by Crippen LogP contribution is -2.59. The third kappa shape index (κ3) is 2.11. The highest BCUT2D eigenvalue weighted by molar-refractivity contribution is 7.13. The Labute approximate surface area is 121 Å². The second-order valence-electron chi connectivity index (χ2n) is 5.48. The molecule has 2 aliphatic rings. The summed E-state index contributed by atoms with van der Waals surface area (Å²) in [5.74, 6) is 1.65. The van der Waals surface area contributed by atoms with E-state index in [1.165, 1.54) is 12.8 Å². The molecule has 20 heavy (non-hydrogen) atoms. The minimum absolute atomic E-state index is 0.479. The molecule has 0 N–H and O–H groups in total. The summed E-state index contributed by atoms with van der Waals surface area (Å²) in [6.07, 6.45) is 2.54. The van der Waals surface area contributed by atoms with Crippen LogP contribution in [-0.2, 0) is 0 Å². The van der Waals surface area contributed by atoms with Gasteiger partial charge in [0.05, 0.1) is 11.7 Å². The first kappa shape index (κ1) is 12.0. The van der Waals surface area contributed by atoms with Gasteiger partial charge in [-0.15, -0.1) is 15.3 Å². The summed E-state index contributed by atoms with van der Waals surface area (Å²) in [6.45, 7) is 1.93. The van der Waals surface area contributed by atoms with Gasteiger partial charge in [-0.25, -0.2) is 0 Å². The average Bonchev–Trinajstić information content (AvgIpc) is 3.12. The van der Waals surface area contributed by atoms with Crippen LogP contribution in [0.5, 0.6) is 0 Å². The SMILES string of the molecule is CN(c1nncs1)C1CN(c2ccc(C3CC3)nn2)C1. The molecule has 4 rings (SSSR count). The molecular formula is C13H16N6S. The molecule has 0 atom stereocenters. The standard InChI is InChI=1S/C13H16N6S/c1-18(13-17-14-8-20-13)10-6-19(7-10)12-5-4-11(15-16-12)9-2-3-9/h4-5,8-10H,2-3,6-7H2,1H3. The Hall–Kier alpha value is -1.76. The average molecular weight is 288 g/mol. The smallest absolute Gasteiger partial charge is 0.208 e. The zero-order valence-electron chi connectivity index (χ0n) is 11.3. The molecule has 1 saturated carbocycles. The predicted molar refractivity (Wildman–Crippen MR) is 78.3 cm³/mol. The molecule has 1 aliphatic carbocycles. The molecule has 0 aromatic carbocycles. The summed E-state index contributed by atoms with van der Waals surface area (Å²) >= 11 is 1.57. The van der Waals surface area contributed by atoms with Crippen molar-refractivity contribution in [1.82, 2.24) is 20.4 Å². The van der Waals surface area contributed by atoms with Crippen molar-refractivity contribution in [3.8, 4) is 0 Å². The van der Waals surface area contributed by atoms with Gasteiger partial charge in [-0.2, -0.15) is 5.10 Å². The molecule has 1 saturated heterocycles. The topological polar surface area (TPSA) is 58.0 Å². The number of likely N-dealkylation sites (N-methyl/N-ethyl adjacent to an activating group) is 1. The Morgan fingerprint density at radius 3 is 2.65 bits per heavy atom. The van der Waals surface area contributed by atoms with Gasteiger partial charge in [0, 0.05) is 26.1 Å². The van der Waals surface area contributed by atoms with E-state index < -0.39 is 0 Å². The van der Waals surface area contributed by atoms with E-state index in [4.69, 9.17) is 0 Å². The van der Waals surface area contributed by atoms with Gasteiger partial charge in [-0.05, 0) is 25.0 Å². The third-order valence-electron chi connectivity index (χ3n) is 4.05. The Kier molecular flexibility index (Phi) is 2.80. The summed E-state index contributed by atoms with van der Waals surface area (Å²) in [5.41, 5.74) is 2.92. The van der Waals surface area contributed by atoms with Crippen LogP contribution in [0.25, 0.3) is 0 Å². The molecule has 6 nitrogen and oxygen atoms in total. The molecule has 2 aromatic heterocycles. The molecule has 104 valence electrons. The molecule has 0 radical (unpaired) electrons. The monoisotopic (exact) mass is 288 g/mol. The molecule has 2 fully saturated rings. The maximum absolute atomic E-state index is 4.35. The number of hydrogen-bond donors (Lipinski definition) is 0. The van der Waals surface area contributed by atoms with Crippen molar-refractivity contribution in [2.24, 2.45) is 0 Å². The fraction of sp³-hybridized carbons (Fsp3) is 0.538. The highest BCUT2D eigenvalue weighted by Gasteiger charge is 2.33. The molecular weight excluding hydrogens is 272 g/mol. The lowest BCUT2D eigenvalue weighted by atomic mass is 10.1. The van der Waals surface area contributed by atoms with E-state index in [0.29, 0.717) is 12.0 Å². The van der Waals surface area contributed by atoms with Crippen LogP contribution in [0.4, 0.5) is 10.9 Å². The lowest BCUT2D eigenvalue weighted by molar-refractivity contribution is 0.489. The van der Waals surface area contributed by atoms with Gasteiger partial charge in [-0.3, -0.25) is 0 Å². The van der Waals surface area contributed by atoms with E-state index in [0.717, 1.165) is 29.7 Å². The zero-order valence-corrected chi connectivity index (χ0v) is 12.1. The second-order valence-corrected chi connectivity index (χ2v) is 6.29. The van der Waals surface area contributed by atoms with Gasteiger partial charge in [0.15, 0.2) is 5.82 Å². The maximum atomic E-state index is 4.35. The number of rotatable bonds is 4. The quantitative estimate of drug-likeness (QED) is 0.850. The highest BCUT2D eigenvalue weighted by atomic mass is 32.1. The van der Waals surface area contributed by atoms with Crippen molar-refractivity contribution in [2.45, 2.75) is 24.8 Å². The van der Waals surface area contributed by atoms with Gasteiger partial charge < -0.3 is 9.80 Å². The van der Waals surface area contributed by atoms with E-state index in [1.54, 1.807) is 16.8 Å². The van der Waals surface area contributed by atoms with E-state index >= 15 is 0 Å². The number of hydrogen-bond acceptors (Lipinski definition) is 7. The van der Waals surface area contributed by atoms with Crippen molar-refractivity contribution in [3.05, 3.63) is 23.3 Å². The van der Waals surface area contributed by atoms with Crippen LogP contribution in [0.3, 0.4) is 0 Å². The number of anilines is 2. The summed E-state index contributed by atoms with van der Waals surface area (Å²) in [6, 6.07) is 4.71. The van der Waals surface area contributed by atoms with Crippen LogP contribution >= 0.6 is 11.3 Å². The minimum Gasteiger partial charge on any atom is -0.351 e. The normalized spacial score (nSPS) is 18.9. The largest absolute Gasteiger partial charge is 0.351 e. The minimum atomic E-state index is 0.479. The van der Waals surface area contributed by atoms with E-state index in [-0.39, 0.29) is 0 Å². The van der Waals surface area contributed by atoms with Crippen LogP contribution in [-0.4, -0.2) is 46.6 Å². The summed E-state index contributed by atoms with van der Waals surface area (Å²) in [7, 11) is 2.07. The molecule has 7 heteroatoms. The third-order valence-corrected chi connectivity index (χ3v) is 4.83. The first-order valence-electron chi connectivity index (χ1n) is 6.89. The molecule has 1 aliphatic heterocycles. The van der Waals surface area contributed by atoms with Crippen molar-refractivity contribution in [1.29, 1.82) is 0 Å². The Balaban J connectivity index is 1.38. The summed E-state index contributed by atoms with van der Waals surface area (Å²) < 4.78 is 0. The Morgan fingerprint density at radius 2 is 2.05 bits per heavy atom. The first-order valence-corrected chi connectivity index (χ1v) is 7.77. The Bertz CT molecular complexity index is 573. The van der Waals surface area contributed by atoms with Crippen molar-refractivity contribution in [2.75, 3.05) is 29.9 Å². The fourth-order valence-electron chi connectivity index (χ4n) is 2.47. The van der Waals surface area contributed by atoms with Crippen molar-refractivity contribution >= 4 is 22.3 Å². The first-order chi connectivity index (χ1) is 9.81. The van der Waals surface area contributed by atoms with Crippen LogP contribution in [0.2, 0.25) is 0 Å². The van der Waals surface area contributed by atoms with Gasteiger partial charge in [0.25, 0.3) is 0 Å². The predicted octanol–water partition coefficient (Wildman–Crippen LogP) is 1.53. The summed E-state index contributed by atoms with van der Waals surface area (Å²) in [4.78, 5) is 4.45. The van der Waals surface area contributed by atoms with Gasteiger partial charge in [0.1, 0.15) is 5.51 Å². The summed E-state index contributed by atoms with van der Waals surface area (Å²) in [5, 5.41) is 17.7. The molecule has 0 amide bonds. The second kappa shape index (κ2) is 4.66. The van der Waals surface area contributed by atoms with Crippen molar-refractivity contribution in [3.63, 3.8) is 0 Å². The van der Waals surface area contributed by atoms with Crippen LogP contribution in [0.15, 0.2) is 17.6 Å². The highest BCUT2D eigenvalue weighted by Crippen LogP contribution is 2.39. The van der Waals surface area contributed by atoms with Crippen LogP contribution in [0.1, 0.15) is 24.5 Å². The van der Waals surface area contributed by atoms with Crippen molar-refractivity contribution < 1.29 is 0 Å². The van der Waals surface area contributed by atoms with E-state index in [9.17, 15) is 0 Å². The van der Waals surface area contributed by atoms with Gasteiger partial charge in [0.2, 0.25) is 5.13 Å². The van der Waals surface area contributed by atoms with E-state index in [1.807, 2.05) is 0 Å². The molecule has 0 unspecified atom stereocenters. The fourth-order valence-corrected chi connectivity index (χ4v) is 3.06. The molecule has 0 bridgehead atoms. The number of nitrogens with zero attached hydrogens (tertiary/aromatic N) is 6.